The van der Waals surface area contributed by atoms with Crippen LogP contribution in [0.2, 0.25) is 0 Å². The number of anilines is 1. The molecule has 0 aliphatic carbocycles. The Labute approximate surface area is 202 Å². The Morgan fingerprint density at radius 3 is 2.68 bits per heavy atom. The third-order valence-corrected chi connectivity index (χ3v) is 6.28. The highest BCUT2D eigenvalue weighted by Gasteiger charge is 2.15. The van der Waals surface area contributed by atoms with Crippen LogP contribution in [0.15, 0.2) is 48.9 Å². The van der Waals surface area contributed by atoms with Crippen LogP contribution in [0.25, 0.3) is 32.6 Å². The van der Waals surface area contributed by atoms with E-state index in [2.05, 4.69) is 35.3 Å². The molecule has 4 rings (SSSR count). The van der Waals surface area contributed by atoms with Crippen molar-refractivity contribution >= 4 is 44.0 Å². The maximum absolute atomic E-state index is 12.0. The molecular weight excluding hydrogens is 474 g/mol. The molecule has 0 saturated heterocycles. The molecule has 1 aromatic carbocycles. The van der Waals surface area contributed by atoms with Crippen LogP contribution in [0, 0.1) is 0 Å². The molecule has 1 unspecified atom stereocenters. The second-order valence-corrected chi connectivity index (χ2v) is 8.97. The summed E-state index contributed by atoms with van der Waals surface area (Å²) in [7, 11) is 0. The average Bonchev–Trinajstić information content (AvgIpc) is 3.24. The van der Waals surface area contributed by atoms with Crippen LogP contribution in [0.4, 0.5) is 9.93 Å². The molecule has 0 bridgehead atoms. The smallest absolute Gasteiger partial charge is 0.321 e. The Bertz CT molecular complexity index is 1300. The van der Waals surface area contributed by atoms with E-state index in [0.717, 1.165) is 32.6 Å². The zero-order valence-electron chi connectivity index (χ0n) is 18.3. The standard InChI is InChI=1S/C22H23N7O3S2/c1-2-23-21(30)29-22-28-18-11-14(10-16(20(18)33-22)17-6-3-4-8-24-17)15-12-25-19(26-13-15)7-5-9-27-34(31)32/h3-4,6,8,10-13,27H,2,5,7,9H2,1H3,(H,31,32)(H2,23,28,29,30)/p-1. The van der Waals surface area contributed by atoms with Crippen LogP contribution in [0.5, 0.6) is 0 Å². The molecule has 0 aliphatic rings. The van der Waals surface area contributed by atoms with Gasteiger partial charge in [-0.1, -0.05) is 17.4 Å². The molecule has 3 aromatic heterocycles. The molecule has 0 radical (unpaired) electrons. The fraction of sp³-hybridized carbons (Fsp3) is 0.227. The van der Waals surface area contributed by atoms with Crippen molar-refractivity contribution < 1.29 is 13.6 Å². The number of benzene rings is 1. The summed E-state index contributed by atoms with van der Waals surface area (Å²) in [6.45, 7) is 2.70. The minimum absolute atomic E-state index is 0.304. The first kappa shape index (κ1) is 23.8. The van der Waals surface area contributed by atoms with Crippen molar-refractivity contribution in [1.82, 2.24) is 30.0 Å². The number of hydrogen-bond acceptors (Lipinski definition) is 8. The number of thiazole rings is 1. The zero-order valence-corrected chi connectivity index (χ0v) is 19.9. The Morgan fingerprint density at radius 2 is 1.97 bits per heavy atom. The molecule has 10 nitrogen and oxygen atoms in total. The van der Waals surface area contributed by atoms with Gasteiger partial charge in [-0.2, -0.15) is 0 Å². The van der Waals surface area contributed by atoms with Crippen molar-refractivity contribution in [2.75, 3.05) is 18.4 Å². The van der Waals surface area contributed by atoms with Gasteiger partial charge >= 0.3 is 6.03 Å². The minimum atomic E-state index is -2.26. The maximum atomic E-state index is 12.0. The number of urea groups is 1. The lowest BCUT2D eigenvalue weighted by Crippen LogP contribution is -2.28. The van der Waals surface area contributed by atoms with Gasteiger partial charge in [0.1, 0.15) is 5.82 Å². The normalized spacial score (nSPS) is 11.9. The third-order valence-electron chi connectivity index (χ3n) is 4.82. The topological polar surface area (TPSA) is 145 Å². The van der Waals surface area contributed by atoms with Gasteiger partial charge in [0.05, 0.1) is 15.9 Å². The highest BCUT2D eigenvalue weighted by atomic mass is 32.2. The Hall–Kier alpha value is -3.32. The number of pyridine rings is 1. The molecule has 176 valence electrons. The summed E-state index contributed by atoms with van der Waals surface area (Å²) in [6, 6.07) is 9.36. The summed E-state index contributed by atoms with van der Waals surface area (Å²) in [5.41, 5.74) is 4.11. The largest absolute Gasteiger partial charge is 0.760 e. The van der Waals surface area contributed by atoms with Crippen LogP contribution in [0.3, 0.4) is 0 Å². The Balaban J connectivity index is 1.65. The van der Waals surface area contributed by atoms with Crippen LogP contribution in [-0.2, 0) is 17.7 Å². The lowest BCUT2D eigenvalue weighted by Gasteiger charge is -2.08. The van der Waals surface area contributed by atoms with Gasteiger partial charge in [0, 0.05) is 60.5 Å². The monoisotopic (exact) mass is 496 g/mol. The van der Waals surface area contributed by atoms with Crippen LogP contribution < -0.4 is 15.4 Å². The van der Waals surface area contributed by atoms with Gasteiger partial charge in [0.25, 0.3) is 0 Å². The van der Waals surface area contributed by atoms with Crippen LogP contribution in [-0.4, -0.2) is 47.8 Å². The first-order valence-corrected chi connectivity index (χ1v) is 12.5. The van der Waals surface area contributed by atoms with Gasteiger partial charge in [-0.15, -0.1) is 0 Å². The lowest BCUT2D eigenvalue weighted by atomic mass is 10.0. The molecule has 4 aromatic rings. The van der Waals surface area contributed by atoms with Crippen LogP contribution in [0.1, 0.15) is 19.2 Å². The molecular formula is C22H22N7O3S2-. The predicted molar refractivity (Wildman–Crippen MR) is 132 cm³/mol. The number of rotatable bonds is 9. The van der Waals surface area contributed by atoms with E-state index in [0.29, 0.717) is 36.9 Å². The van der Waals surface area contributed by atoms with Gasteiger partial charge in [0.15, 0.2) is 5.13 Å². The number of carbonyl (C=O) groups is 1. The van der Waals surface area contributed by atoms with E-state index in [4.69, 9.17) is 0 Å². The van der Waals surface area contributed by atoms with E-state index in [1.807, 2.05) is 37.3 Å². The van der Waals surface area contributed by atoms with Gasteiger partial charge < -0.3 is 9.87 Å². The quantitative estimate of drug-likeness (QED) is 0.238. The predicted octanol–water partition coefficient (Wildman–Crippen LogP) is 3.27. The Kier molecular flexibility index (Phi) is 7.85. The molecule has 0 aliphatic heterocycles. The summed E-state index contributed by atoms with van der Waals surface area (Å²) in [5, 5.41) is 5.98. The van der Waals surface area contributed by atoms with Crippen molar-refractivity contribution in [3.63, 3.8) is 0 Å². The first-order valence-electron chi connectivity index (χ1n) is 10.6. The van der Waals surface area contributed by atoms with Crippen molar-refractivity contribution in [3.05, 3.63) is 54.7 Å². The molecule has 1 atom stereocenters. The SMILES string of the molecule is CCNC(=O)Nc1nc2cc(-c3cnc(CCCNS(=O)[O-])nc3)cc(-c3ccccn3)c2s1. The molecule has 3 heterocycles. The maximum Gasteiger partial charge on any atom is 0.321 e. The van der Waals surface area contributed by atoms with Gasteiger partial charge in [0.2, 0.25) is 0 Å². The molecule has 0 fully saturated rings. The summed E-state index contributed by atoms with van der Waals surface area (Å²) >= 11 is -0.874. The van der Waals surface area contributed by atoms with Crippen molar-refractivity contribution in [2.24, 2.45) is 0 Å². The lowest BCUT2D eigenvalue weighted by molar-refractivity contribution is 0.252. The molecule has 0 saturated carbocycles. The number of amides is 2. The van der Waals surface area contributed by atoms with E-state index in [1.165, 1.54) is 11.3 Å². The third kappa shape index (κ3) is 5.97. The fourth-order valence-corrected chi connectivity index (χ4v) is 4.58. The van der Waals surface area contributed by atoms with E-state index in [1.54, 1.807) is 18.6 Å². The molecule has 12 heteroatoms. The zero-order chi connectivity index (χ0) is 23.9. The number of aromatic nitrogens is 4. The molecule has 3 N–H and O–H groups in total. The second-order valence-electron chi connectivity index (χ2n) is 7.21. The summed E-state index contributed by atoms with van der Waals surface area (Å²) < 4.78 is 24.3. The molecule has 34 heavy (non-hydrogen) atoms. The second kappa shape index (κ2) is 11.2. The van der Waals surface area contributed by atoms with Gasteiger partial charge in [-0.3, -0.25) is 14.5 Å². The van der Waals surface area contributed by atoms with Gasteiger partial charge in [-0.25, -0.2) is 24.5 Å². The highest BCUT2D eigenvalue weighted by molar-refractivity contribution is 7.77. The van der Waals surface area contributed by atoms with E-state index < -0.39 is 11.3 Å². The summed E-state index contributed by atoms with van der Waals surface area (Å²) in [5.74, 6) is 0.635. The van der Waals surface area contributed by atoms with Gasteiger partial charge in [-0.05, 0) is 43.2 Å². The number of aryl methyl sites for hydroxylation is 1. The minimum Gasteiger partial charge on any atom is -0.760 e. The molecule has 2 amide bonds. The fourth-order valence-electron chi connectivity index (χ4n) is 3.30. The first-order chi connectivity index (χ1) is 16.5. The van der Waals surface area contributed by atoms with E-state index in [-0.39, 0.29) is 6.03 Å². The van der Waals surface area contributed by atoms with Crippen molar-refractivity contribution in [2.45, 2.75) is 19.8 Å². The average molecular weight is 497 g/mol. The van der Waals surface area contributed by atoms with Crippen LogP contribution >= 0.6 is 11.3 Å². The van der Waals surface area contributed by atoms with E-state index >= 15 is 0 Å². The van der Waals surface area contributed by atoms with Crippen molar-refractivity contribution in [1.29, 1.82) is 0 Å². The Morgan fingerprint density at radius 1 is 1.15 bits per heavy atom. The summed E-state index contributed by atoms with van der Waals surface area (Å²) in [4.78, 5) is 29.9. The summed E-state index contributed by atoms with van der Waals surface area (Å²) in [6.07, 6.45) is 6.38. The molecule has 0 spiro atoms. The number of fused-ring (bicyclic) bond motifs is 1. The number of hydrogen-bond donors (Lipinski definition) is 3. The number of nitrogens with zero attached hydrogens (tertiary/aromatic N) is 4. The van der Waals surface area contributed by atoms with E-state index in [9.17, 15) is 13.6 Å². The number of nitrogens with one attached hydrogen (secondary N) is 3. The van der Waals surface area contributed by atoms with Crippen molar-refractivity contribution in [3.8, 4) is 22.4 Å². The number of carbonyl (C=O) groups excluding carboxylic acids is 1. The highest BCUT2D eigenvalue weighted by Crippen LogP contribution is 2.37.